The first-order chi connectivity index (χ1) is 10.3. The molecule has 126 valence electrons. The van der Waals surface area contributed by atoms with Crippen LogP contribution in [0.1, 0.15) is 38.2 Å². The van der Waals surface area contributed by atoms with Crippen LogP contribution >= 0.6 is 35.3 Å². The van der Waals surface area contributed by atoms with Gasteiger partial charge in [0.25, 0.3) is 0 Å². The second-order valence-corrected chi connectivity index (χ2v) is 6.50. The van der Waals surface area contributed by atoms with Gasteiger partial charge in [-0.05, 0) is 55.1 Å². The Bertz CT molecular complexity index is 422. The van der Waals surface area contributed by atoms with Crippen molar-refractivity contribution in [1.82, 2.24) is 15.5 Å². The second-order valence-electron chi connectivity index (χ2n) is 5.72. The molecule has 0 aliphatic carbocycles. The molecular weight excluding hydrogens is 407 g/mol. The van der Waals surface area contributed by atoms with Gasteiger partial charge in [0.2, 0.25) is 0 Å². The molecule has 22 heavy (non-hydrogen) atoms. The van der Waals surface area contributed by atoms with E-state index >= 15 is 0 Å². The van der Waals surface area contributed by atoms with Crippen molar-refractivity contribution < 1.29 is 0 Å². The van der Waals surface area contributed by atoms with Gasteiger partial charge in [-0.1, -0.05) is 6.42 Å². The number of rotatable bonds is 6. The van der Waals surface area contributed by atoms with E-state index in [0.29, 0.717) is 0 Å². The standard InChI is InChI=1S/C16H28N4S.HI/c1-14-6-3-4-9-20(14)10-5-8-18-16(17-2)19-12-15-7-11-21-13-15;/h7,11,13-14H,3-6,8-10,12H2,1-2H3,(H2,17,18,19);1H. The minimum atomic E-state index is 0. The number of nitrogens with one attached hydrogen (secondary N) is 2. The zero-order chi connectivity index (χ0) is 14.9. The van der Waals surface area contributed by atoms with Gasteiger partial charge in [-0.2, -0.15) is 11.3 Å². The molecule has 4 nitrogen and oxygen atoms in total. The summed E-state index contributed by atoms with van der Waals surface area (Å²) in [6.45, 7) is 6.63. The molecule has 0 radical (unpaired) electrons. The van der Waals surface area contributed by atoms with Crippen LogP contribution in [0.3, 0.4) is 0 Å². The average Bonchev–Trinajstić information content (AvgIpc) is 3.01. The third kappa shape index (κ3) is 6.83. The Labute approximate surface area is 155 Å². The first-order valence-electron chi connectivity index (χ1n) is 7.99. The van der Waals surface area contributed by atoms with Gasteiger partial charge in [-0.3, -0.25) is 4.99 Å². The fraction of sp³-hybridized carbons (Fsp3) is 0.688. The molecule has 1 unspecified atom stereocenters. The number of halogens is 1. The maximum atomic E-state index is 4.27. The molecule has 0 bridgehead atoms. The number of hydrogen-bond acceptors (Lipinski definition) is 3. The quantitative estimate of drug-likeness (QED) is 0.311. The number of hydrogen-bond donors (Lipinski definition) is 2. The molecule has 2 heterocycles. The van der Waals surface area contributed by atoms with Crippen LogP contribution in [-0.2, 0) is 6.54 Å². The van der Waals surface area contributed by atoms with Crippen LogP contribution in [0.4, 0.5) is 0 Å². The predicted octanol–water partition coefficient (Wildman–Crippen LogP) is 3.30. The Morgan fingerprint density at radius 2 is 2.27 bits per heavy atom. The molecule has 1 aromatic rings. The molecule has 2 rings (SSSR count). The Kier molecular flexibility index (Phi) is 10.1. The van der Waals surface area contributed by atoms with Gasteiger partial charge in [-0.15, -0.1) is 24.0 Å². The van der Waals surface area contributed by atoms with Gasteiger partial charge in [0.1, 0.15) is 0 Å². The molecule has 1 aromatic heterocycles. The second kappa shape index (κ2) is 11.2. The number of likely N-dealkylation sites (tertiary alicyclic amines) is 1. The van der Waals surface area contributed by atoms with E-state index in [1.807, 2.05) is 7.05 Å². The highest BCUT2D eigenvalue weighted by Crippen LogP contribution is 2.15. The summed E-state index contributed by atoms with van der Waals surface area (Å²) in [6, 6.07) is 2.90. The zero-order valence-corrected chi connectivity index (χ0v) is 16.8. The molecular formula is C16H29IN4S. The van der Waals surface area contributed by atoms with Crippen LogP contribution in [0.25, 0.3) is 0 Å². The number of aliphatic imine (C=N–C) groups is 1. The summed E-state index contributed by atoms with van der Waals surface area (Å²) in [6.07, 6.45) is 5.29. The Hall–Kier alpha value is -0.340. The van der Waals surface area contributed by atoms with Crippen molar-refractivity contribution in [3.05, 3.63) is 22.4 Å². The molecule has 0 aromatic carbocycles. The molecule has 6 heteroatoms. The van der Waals surface area contributed by atoms with E-state index in [9.17, 15) is 0 Å². The van der Waals surface area contributed by atoms with E-state index in [4.69, 9.17) is 0 Å². The number of guanidine groups is 1. The largest absolute Gasteiger partial charge is 0.356 e. The molecule has 1 aliphatic rings. The van der Waals surface area contributed by atoms with E-state index in [1.165, 1.54) is 44.3 Å². The van der Waals surface area contributed by atoms with E-state index < -0.39 is 0 Å². The van der Waals surface area contributed by atoms with Gasteiger partial charge < -0.3 is 15.5 Å². The van der Waals surface area contributed by atoms with Crippen molar-refractivity contribution in [2.45, 2.75) is 45.2 Å². The number of thiophene rings is 1. The van der Waals surface area contributed by atoms with Crippen LogP contribution < -0.4 is 10.6 Å². The molecule has 0 spiro atoms. The van der Waals surface area contributed by atoms with E-state index in [1.54, 1.807) is 11.3 Å². The fourth-order valence-electron chi connectivity index (χ4n) is 2.78. The summed E-state index contributed by atoms with van der Waals surface area (Å²) < 4.78 is 0. The van der Waals surface area contributed by atoms with Crippen molar-refractivity contribution in [3.63, 3.8) is 0 Å². The summed E-state index contributed by atoms with van der Waals surface area (Å²) in [7, 11) is 1.83. The van der Waals surface area contributed by atoms with Crippen molar-refractivity contribution in [1.29, 1.82) is 0 Å². The molecule has 0 amide bonds. The van der Waals surface area contributed by atoms with Crippen LogP contribution in [-0.4, -0.2) is 43.6 Å². The minimum Gasteiger partial charge on any atom is -0.356 e. The lowest BCUT2D eigenvalue weighted by Crippen LogP contribution is -2.41. The normalized spacial score (nSPS) is 19.5. The summed E-state index contributed by atoms with van der Waals surface area (Å²) >= 11 is 1.73. The fourth-order valence-corrected chi connectivity index (χ4v) is 3.45. The Balaban J connectivity index is 0.00000242. The summed E-state index contributed by atoms with van der Waals surface area (Å²) in [4.78, 5) is 6.89. The smallest absolute Gasteiger partial charge is 0.191 e. The van der Waals surface area contributed by atoms with E-state index in [2.05, 4.69) is 44.3 Å². The highest BCUT2D eigenvalue weighted by Gasteiger charge is 2.16. The van der Waals surface area contributed by atoms with Crippen molar-refractivity contribution in [2.24, 2.45) is 4.99 Å². The van der Waals surface area contributed by atoms with Crippen molar-refractivity contribution in [2.75, 3.05) is 26.7 Å². The molecule has 2 N–H and O–H groups in total. The van der Waals surface area contributed by atoms with Crippen molar-refractivity contribution in [3.8, 4) is 0 Å². The molecule has 1 atom stereocenters. The van der Waals surface area contributed by atoms with Crippen LogP contribution in [0.15, 0.2) is 21.8 Å². The van der Waals surface area contributed by atoms with Gasteiger partial charge in [0, 0.05) is 32.7 Å². The van der Waals surface area contributed by atoms with Gasteiger partial charge >= 0.3 is 0 Å². The SMILES string of the molecule is CN=C(NCCCN1CCCCC1C)NCc1ccsc1.I. The van der Waals surface area contributed by atoms with Crippen LogP contribution in [0.5, 0.6) is 0 Å². The highest BCUT2D eigenvalue weighted by molar-refractivity contribution is 14.0. The van der Waals surface area contributed by atoms with Crippen molar-refractivity contribution >= 4 is 41.3 Å². The lowest BCUT2D eigenvalue weighted by Gasteiger charge is -2.33. The van der Waals surface area contributed by atoms with Gasteiger partial charge in [0.15, 0.2) is 5.96 Å². The molecule has 1 fully saturated rings. The molecule has 1 saturated heterocycles. The highest BCUT2D eigenvalue weighted by atomic mass is 127. The summed E-state index contributed by atoms with van der Waals surface area (Å²) in [5, 5.41) is 11.0. The minimum absolute atomic E-state index is 0. The topological polar surface area (TPSA) is 39.7 Å². The van der Waals surface area contributed by atoms with Gasteiger partial charge in [-0.25, -0.2) is 0 Å². The molecule has 1 aliphatic heterocycles. The monoisotopic (exact) mass is 436 g/mol. The molecule has 0 saturated carbocycles. The summed E-state index contributed by atoms with van der Waals surface area (Å²) in [5.41, 5.74) is 1.31. The first-order valence-corrected chi connectivity index (χ1v) is 8.93. The number of piperidine rings is 1. The van der Waals surface area contributed by atoms with Crippen LogP contribution in [0, 0.1) is 0 Å². The third-order valence-corrected chi connectivity index (χ3v) is 4.85. The van der Waals surface area contributed by atoms with Gasteiger partial charge in [0.05, 0.1) is 0 Å². The predicted molar refractivity (Wildman–Crippen MR) is 107 cm³/mol. The van der Waals surface area contributed by atoms with E-state index in [-0.39, 0.29) is 24.0 Å². The average molecular weight is 436 g/mol. The van der Waals surface area contributed by atoms with Crippen LogP contribution in [0.2, 0.25) is 0 Å². The first kappa shape index (κ1) is 19.7. The Morgan fingerprint density at radius 1 is 1.41 bits per heavy atom. The zero-order valence-electron chi connectivity index (χ0n) is 13.7. The lowest BCUT2D eigenvalue weighted by molar-refractivity contribution is 0.159. The maximum absolute atomic E-state index is 4.27. The Morgan fingerprint density at radius 3 is 2.95 bits per heavy atom. The summed E-state index contributed by atoms with van der Waals surface area (Å²) in [5.74, 6) is 0.896. The maximum Gasteiger partial charge on any atom is 0.191 e. The lowest BCUT2D eigenvalue weighted by atomic mass is 10.0. The van der Waals surface area contributed by atoms with E-state index in [0.717, 1.165) is 25.1 Å². The third-order valence-electron chi connectivity index (χ3n) is 4.12. The number of nitrogens with zero attached hydrogens (tertiary/aromatic N) is 2.